The molecule has 1 saturated heterocycles. The Morgan fingerprint density at radius 3 is 1.70 bits per heavy atom. The maximum Gasteiger partial charge on any atom is 0.490 e. The van der Waals surface area contributed by atoms with E-state index in [-0.39, 0.29) is 68.9 Å². The third kappa shape index (κ3) is 32.6. The fraction of sp³-hybridized carbons (Fsp3) is 0.672. The van der Waals surface area contributed by atoms with Gasteiger partial charge in [0, 0.05) is 6.54 Å². The van der Waals surface area contributed by atoms with Crippen LogP contribution in [0.1, 0.15) is 147 Å². The Balaban J connectivity index is 0.00000717. The van der Waals surface area contributed by atoms with Crippen LogP contribution in [0.25, 0.3) is 0 Å². The normalized spacial score (nSPS) is 23.1. The second-order valence-corrected chi connectivity index (χ2v) is 26.6. The Labute approximate surface area is 594 Å². The molecule has 1 heterocycles. The number of guanidine groups is 1. The number of carbonyl (C=O) groups excluding carboxylic acids is 13. The number of halogens is 3. The smallest absolute Gasteiger partial charge is 0.475 e. The molecule has 0 spiro atoms. The first kappa shape index (κ1) is 91.5. The SMILES string of the molecule is CCC[C@H](NC(=O)[C@@H](CC(C)C)NC(=O)OC(C)(C)C)C(=O)N[C@@H]1C(=O)N[C@@H]([C@H](O)C(C)C)C(=O)N[C@@H](CC(C)C)C(=O)N[C@H](CCCN=C(N)N)C(=O)N[C@@H]([C@@H](C)CC)C(=O)N[C@@H]([C@H](C)O)C(=O)NCC(=O)N[C@@H]([C@H](O)C(N)=O)C(=O)N[C@@H](CO)C(=O)O[C@@H]1c1ccccc1.O=C(O)C(F)(F)F. The van der Waals surface area contributed by atoms with Crippen LogP contribution < -0.4 is 75.7 Å². The van der Waals surface area contributed by atoms with Crippen molar-refractivity contribution in [3.63, 3.8) is 0 Å². The summed E-state index contributed by atoms with van der Waals surface area (Å²) in [5.41, 5.74) is 15.4. The van der Waals surface area contributed by atoms with Gasteiger partial charge in [-0.05, 0) is 89.0 Å². The number of primary amides is 1. The number of amides is 12. The van der Waals surface area contributed by atoms with Crippen molar-refractivity contribution in [2.24, 2.45) is 45.9 Å². The number of nitrogens with zero attached hydrogens (tertiary/aromatic N) is 1. The van der Waals surface area contributed by atoms with Crippen LogP contribution in [0.4, 0.5) is 18.0 Å². The lowest BCUT2D eigenvalue weighted by Gasteiger charge is -2.33. The summed E-state index contributed by atoms with van der Waals surface area (Å²) >= 11 is 0. The molecule has 39 heteroatoms. The number of nitrogens with one attached hydrogen (secondary N) is 11. The third-order valence-corrected chi connectivity index (χ3v) is 15.2. The van der Waals surface area contributed by atoms with Gasteiger partial charge in [-0.25, -0.2) is 14.4 Å². The highest BCUT2D eigenvalue weighted by Crippen LogP contribution is 2.25. The van der Waals surface area contributed by atoms with Gasteiger partial charge in [0.15, 0.2) is 24.2 Å². The lowest BCUT2D eigenvalue weighted by Crippen LogP contribution is -2.64. The summed E-state index contributed by atoms with van der Waals surface area (Å²) in [6, 6.07) is -11.4. The molecule has 1 aromatic carbocycles. The van der Waals surface area contributed by atoms with Crippen LogP contribution in [0.5, 0.6) is 0 Å². The van der Waals surface area contributed by atoms with Gasteiger partial charge in [0.05, 0.1) is 25.4 Å². The highest BCUT2D eigenvalue weighted by molar-refractivity contribution is 6.00. The number of aliphatic hydroxyl groups is 4. The molecule has 1 aliphatic rings. The van der Waals surface area contributed by atoms with Crippen molar-refractivity contribution < 1.29 is 115 Å². The molecule has 582 valence electrons. The molecule has 0 unspecified atom stereocenters. The number of carbonyl (C=O) groups is 14. The number of carboxylic acids is 1. The van der Waals surface area contributed by atoms with Crippen LogP contribution in [0.2, 0.25) is 0 Å². The van der Waals surface area contributed by atoms with Crippen molar-refractivity contribution in [3.8, 4) is 0 Å². The van der Waals surface area contributed by atoms with Crippen molar-refractivity contribution in [1.82, 2.24) is 58.5 Å². The summed E-state index contributed by atoms with van der Waals surface area (Å²) in [6.45, 7) is 18.1. The van der Waals surface area contributed by atoms with Gasteiger partial charge in [-0.3, -0.25) is 57.7 Å². The van der Waals surface area contributed by atoms with E-state index in [2.05, 4.69) is 52.8 Å². The summed E-state index contributed by atoms with van der Waals surface area (Å²) in [5, 5.41) is 77.8. The number of nitrogens with two attached hydrogens (primary N) is 3. The zero-order chi connectivity index (χ0) is 79.1. The van der Waals surface area contributed by atoms with E-state index in [4.69, 9.17) is 36.6 Å². The van der Waals surface area contributed by atoms with Crippen LogP contribution in [-0.2, 0) is 71.8 Å². The number of ether oxygens (including phenoxy) is 2. The minimum atomic E-state index is -5.08. The topological polar surface area (TPSA) is 581 Å². The van der Waals surface area contributed by atoms with Crippen molar-refractivity contribution in [3.05, 3.63) is 35.9 Å². The molecule has 12 amide bonds. The Kier molecular flexibility index (Phi) is 38.6. The maximum atomic E-state index is 15.5. The number of hydrogen-bond acceptors (Lipinski definition) is 21. The Bertz CT molecular complexity index is 3080. The number of alkyl carbamates (subject to hydrolysis) is 1. The summed E-state index contributed by atoms with van der Waals surface area (Å²) in [7, 11) is 0. The first-order valence-corrected chi connectivity index (χ1v) is 33.3. The number of carboxylic acid groups (broad SMARTS) is 1. The monoisotopic (exact) mass is 1480 g/mol. The number of aliphatic hydroxyl groups excluding tert-OH is 4. The Morgan fingerprint density at radius 2 is 1.20 bits per heavy atom. The van der Waals surface area contributed by atoms with Crippen molar-refractivity contribution in [2.45, 2.75) is 232 Å². The summed E-state index contributed by atoms with van der Waals surface area (Å²) in [5.74, 6) is -20.3. The molecule has 0 aromatic heterocycles. The number of esters is 1. The van der Waals surface area contributed by atoms with E-state index in [1.807, 2.05) is 10.6 Å². The number of aliphatic carboxylic acids is 1. The summed E-state index contributed by atoms with van der Waals surface area (Å²) in [4.78, 5) is 197. The first-order chi connectivity index (χ1) is 47.7. The molecule has 0 bridgehead atoms. The van der Waals surface area contributed by atoms with Crippen LogP contribution in [0, 0.1) is 23.7 Å². The number of cyclic esters (lactones) is 1. The molecular formula is C64H104F3N15O21. The first-order valence-electron chi connectivity index (χ1n) is 33.3. The fourth-order valence-corrected chi connectivity index (χ4v) is 9.64. The highest BCUT2D eigenvalue weighted by atomic mass is 19.4. The molecule has 36 nitrogen and oxygen atoms in total. The molecule has 22 N–H and O–H groups in total. The van der Waals surface area contributed by atoms with Crippen molar-refractivity contribution >= 4 is 89.0 Å². The predicted molar refractivity (Wildman–Crippen MR) is 361 cm³/mol. The van der Waals surface area contributed by atoms with Gasteiger partial charge in [-0.1, -0.05) is 105 Å². The average Bonchev–Trinajstić information content (AvgIpc) is 0.815. The van der Waals surface area contributed by atoms with Crippen molar-refractivity contribution in [1.29, 1.82) is 0 Å². The number of hydrogen-bond donors (Lipinski definition) is 19. The van der Waals surface area contributed by atoms with Crippen molar-refractivity contribution in [2.75, 3.05) is 19.7 Å². The van der Waals surface area contributed by atoms with Crippen LogP contribution in [0.15, 0.2) is 35.3 Å². The highest BCUT2D eigenvalue weighted by Gasteiger charge is 2.44. The lowest BCUT2D eigenvalue weighted by molar-refractivity contribution is -0.192. The summed E-state index contributed by atoms with van der Waals surface area (Å²) < 4.78 is 43.1. The van der Waals surface area contributed by atoms with Gasteiger partial charge in [-0.15, -0.1) is 0 Å². The molecule has 15 atom stereocenters. The van der Waals surface area contributed by atoms with Gasteiger partial charge in [0.25, 0.3) is 0 Å². The second-order valence-electron chi connectivity index (χ2n) is 26.6. The standard InChI is InChI=1S/C62H103N15O19.C2HF3O2/c1-14-20-35(68-53(87)38(26-30(5)6)72-61(94)96-62(11,12)13)50(84)77-45-48(34-21-17-16-18-22-34)95-59(93)39(28-78)71-57(91)44(47(82)49(63)83)73-40(80)27-67-54(88)42(33(10)79)75-55(89)41(32(9)15-2)74-51(85)36(23-19-24-66-60(64)65)69-52(86)37(25-29(3)4)70-56(90)43(76-58(45)92)46(81)31(7)8;3-2(4,5)1(6)7/h16-18,21-22,29-33,35-39,41-48,78-79,81-82H,14-15,19-20,23-28H2,1-13H3,(H2,63,83)(H,67,88)(H,68,87)(H,69,86)(H,70,90)(H,71,91)(H,72,94)(H,73,80)(H,74,85)(H,75,89)(H,76,92)(H,77,84)(H4,64,65,66);(H,6,7)/t32-,33-,35-,36+,37-,38+,39-,41-,42-,43-,44-,45-,46+,47-,48+;/m0./s1. The molecule has 0 saturated carbocycles. The zero-order valence-corrected chi connectivity index (χ0v) is 59.9. The van der Waals surface area contributed by atoms with Crippen LogP contribution >= 0.6 is 0 Å². The quantitative estimate of drug-likeness (QED) is 0.0207. The molecule has 2 rings (SSSR count). The van der Waals surface area contributed by atoms with Crippen LogP contribution in [-0.4, -0.2) is 225 Å². The Hall–Kier alpha value is -9.50. The van der Waals surface area contributed by atoms with Gasteiger partial charge in [0.2, 0.25) is 65.0 Å². The molecule has 1 aromatic rings. The van der Waals surface area contributed by atoms with E-state index in [9.17, 15) is 91.1 Å². The van der Waals surface area contributed by atoms with E-state index in [0.29, 0.717) is 0 Å². The van der Waals surface area contributed by atoms with E-state index in [0.717, 1.165) is 6.92 Å². The van der Waals surface area contributed by atoms with Crippen LogP contribution in [0.3, 0.4) is 0 Å². The molecule has 0 aliphatic carbocycles. The van der Waals surface area contributed by atoms with E-state index in [1.165, 1.54) is 44.2 Å². The van der Waals surface area contributed by atoms with Gasteiger partial charge in [0.1, 0.15) is 60.0 Å². The average molecular weight is 1480 g/mol. The minimum absolute atomic E-state index is 0.0320. The second kappa shape index (κ2) is 43.5. The predicted octanol–water partition coefficient (Wildman–Crippen LogP) is -3.48. The van der Waals surface area contributed by atoms with E-state index >= 15 is 4.79 Å². The summed E-state index contributed by atoms with van der Waals surface area (Å²) in [6.07, 6.45) is -14.3. The van der Waals surface area contributed by atoms with E-state index in [1.54, 1.807) is 69.2 Å². The number of rotatable bonds is 24. The molecule has 0 radical (unpaired) electrons. The lowest BCUT2D eigenvalue weighted by atomic mass is 9.95. The number of benzene rings is 1. The number of aliphatic imine (C=N–C) groups is 1. The molecular weight excluding hydrogens is 1370 g/mol. The third-order valence-electron chi connectivity index (χ3n) is 15.2. The molecule has 1 fully saturated rings. The van der Waals surface area contributed by atoms with E-state index < -0.39 is 211 Å². The number of alkyl halides is 3. The van der Waals surface area contributed by atoms with Gasteiger partial charge < -0.3 is 111 Å². The maximum absolute atomic E-state index is 15.5. The largest absolute Gasteiger partial charge is 0.490 e. The minimum Gasteiger partial charge on any atom is -0.475 e. The molecule has 103 heavy (non-hydrogen) atoms. The molecule has 1 aliphatic heterocycles. The van der Waals surface area contributed by atoms with Gasteiger partial charge >= 0.3 is 24.2 Å². The zero-order valence-electron chi connectivity index (χ0n) is 59.9. The Morgan fingerprint density at radius 1 is 0.670 bits per heavy atom. The van der Waals surface area contributed by atoms with Gasteiger partial charge in [-0.2, -0.15) is 13.2 Å². The fourth-order valence-electron chi connectivity index (χ4n) is 9.64.